The number of primary amides is 1. The first-order valence-electron chi connectivity index (χ1n) is 1.58. The Morgan fingerprint density at radius 3 is 2.17 bits per heavy atom. The maximum absolute atomic E-state index is 9.91. The van der Waals surface area contributed by atoms with Crippen LogP contribution in [0.25, 0.3) is 0 Å². The van der Waals surface area contributed by atoms with Crippen LogP contribution >= 0.6 is 22.6 Å². The summed E-state index contributed by atoms with van der Waals surface area (Å²) >= 11 is 1.96. The van der Waals surface area contributed by atoms with Crippen LogP contribution in [0, 0.1) is 0 Å². The molecule has 3 heteroatoms. The average Bonchev–Trinajstić information content (AvgIpc) is 1.36. The molecule has 0 aromatic heterocycles. The summed E-state index contributed by atoms with van der Waals surface area (Å²) in [7, 11) is 0. The van der Waals surface area contributed by atoms with Crippen LogP contribution in [-0.2, 0) is 4.79 Å². The molecular weight excluding hydrogens is 193 g/mol. The fraction of sp³-hybridized carbons (Fsp3) is 0.667. The molecule has 0 aliphatic heterocycles. The molecule has 0 saturated heterocycles. The minimum Gasteiger partial charge on any atom is -0.369 e. The van der Waals surface area contributed by atoms with Crippen LogP contribution in [0.15, 0.2) is 0 Å². The predicted octanol–water partition coefficient (Wildman–Crippen LogP) is 0.295. The summed E-state index contributed by atoms with van der Waals surface area (Å²) in [5.74, 6) is -0.254. The Balaban J connectivity index is 3.26. The Bertz CT molecular complexity index is 61.8. The lowest BCUT2D eigenvalue weighted by Crippen LogP contribution is -2.19. The molecule has 0 aromatic carbocycles. The molecule has 0 rings (SSSR count). The van der Waals surface area contributed by atoms with Gasteiger partial charge in [-0.3, -0.25) is 4.79 Å². The molecule has 1 atom stereocenters. The largest absolute Gasteiger partial charge is 0.369 e. The Morgan fingerprint density at radius 1 is 2.00 bits per heavy atom. The molecule has 0 bridgehead atoms. The molecule has 0 unspecified atom stereocenters. The van der Waals surface area contributed by atoms with Crippen molar-refractivity contribution in [2.45, 2.75) is 10.8 Å². The summed E-state index contributed by atoms with van der Waals surface area (Å²) in [6.07, 6.45) is 0. The van der Waals surface area contributed by atoms with E-state index in [-0.39, 0.29) is 9.83 Å². The molecule has 0 aliphatic rings. The molecule has 2 N–H and O–H groups in total. The Hall–Kier alpha value is 0.200. The molecule has 0 aliphatic carbocycles. The van der Waals surface area contributed by atoms with Crippen molar-refractivity contribution in [3.63, 3.8) is 0 Å². The molecular formula is C3H6INO. The molecule has 0 fully saturated rings. The molecule has 36 valence electrons. The average molecular weight is 199 g/mol. The molecule has 2 nitrogen and oxygen atoms in total. The first kappa shape index (κ1) is 6.20. The minimum absolute atomic E-state index is 0.0393. The Labute approximate surface area is 50.2 Å². The van der Waals surface area contributed by atoms with E-state index in [0.717, 1.165) is 0 Å². The van der Waals surface area contributed by atoms with E-state index in [0.29, 0.717) is 0 Å². The molecule has 0 heterocycles. The van der Waals surface area contributed by atoms with Gasteiger partial charge in [-0.05, 0) is 6.92 Å². The summed E-state index contributed by atoms with van der Waals surface area (Å²) in [5, 5.41) is 0. The second-order valence-corrected chi connectivity index (χ2v) is 2.89. The van der Waals surface area contributed by atoms with Crippen molar-refractivity contribution < 1.29 is 4.79 Å². The summed E-state index contributed by atoms with van der Waals surface area (Å²) < 4.78 is -0.0393. The van der Waals surface area contributed by atoms with Gasteiger partial charge in [-0.2, -0.15) is 0 Å². The first-order valence-corrected chi connectivity index (χ1v) is 2.82. The number of carbonyl (C=O) groups excluding carboxylic acids is 1. The van der Waals surface area contributed by atoms with E-state index in [9.17, 15) is 4.79 Å². The van der Waals surface area contributed by atoms with Crippen molar-refractivity contribution in [2.24, 2.45) is 5.73 Å². The third-order valence-corrected chi connectivity index (χ3v) is 1.01. The van der Waals surface area contributed by atoms with E-state index in [1.807, 2.05) is 22.6 Å². The second-order valence-electron chi connectivity index (χ2n) is 1.02. The quantitative estimate of drug-likeness (QED) is 0.478. The minimum atomic E-state index is -0.254. The van der Waals surface area contributed by atoms with Crippen molar-refractivity contribution in [2.75, 3.05) is 0 Å². The molecule has 6 heavy (non-hydrogen) atoms. The third-order valence-electron chi connectivity index (χ3n) is 0.392. The van der Waals surface area contributed by atoms with Gasteiger partial charge < -0.3 is 5.73 Å². The van der Waals surface area contributed by atoms with Gasteiger partial charge in [0.05, 0.1) is 3.92 Å². The maximum Gasteiger partial charge on any atom is 0.230 e. The number of nitrogens with two attached hydrogens (primary N) is 1. The van der Waals surface area contributed by atoms with Crippen LogP contribution in [0.4, 0.5) is 0 Å². The standard InChI is InChI=1S/C3H6INO/c1-2(4)3(5)6/h2H,1H3,(H2,5,6)/t2-/m0/s1. The SMILES string of the molecule is C[C@H](I)C(N)=O. The van der Waals surface area contributed by atoms with Crippen LogP contribution < -0.4 is 5.73 Å². The fourth-order valence-electron chi connectivity index (χ4n) is 0. The van der Waals surface area contributed by atoms with Crippen molar-refractivity contribution >= 4 is 28.5 Å². The zero-order valence-electron chi connectivity index (χ0n) is 3.44. The van der Waals surface area contributed by atoms with E-state index in [4.69, 9.17) is 5.73 Å². The van der Waals surface area contributed by atoms with Gasteiger partial charge in [-0.15, -0.1) is 0 Å². The fourth-order valence-corrected chi connectivity index (χ4v) is 0. The lowest BCUT2D eigenvalue weighted by atomic mass is 10.5. The Kier molecular flexibility index (Phi) is 2.47. The van der Waals surface area contributed by atoms with Crippen molar-refractivity contribution in [3.8, 4) is 0 Å². The number of alkyl halides is 1. The van der Waals surface area contributed by atoms with E-state index in [1.165, 1.54) is 0 Å². The zero-order valence-corrected chi connectivity index (χ0v) is 5.60. The number of hydrogen-bond donors (Lipinski definition) is 1. The van der Waals surface area contributed by atoms with E-state index < -0.39 is 0 Å². The van der Waals surface area contributed by atoms with Crippen molar-refractivity contribution in [3.05, 3.63) is 0 Å². The van der Waals surface area contributed by atoms with E-state index in [1.54, 1.807) is 6.92 Å². The molecule has 1 amide bonds. The van der Waals surface area contributed by atoms with Crippen LogP contribution in [0.1, 0.15) is 6.92 Å². The van der Waals surface area contributed by atoms with Crippen molar-refractivity contribution in [1.29, 1.82) is 0 Å². The summed E-state index contributed by atoms with van der Waals surface area (Å²) in [6, 6.07) is 0. The number of rotatable bonds is 1. The van der Waals surface area contributed by atoms with Crippen LogP contribution in [0.5, 0.6) is 0 Å². The molecule has 0 spiro atoms. The van der Waals surface area contributed by atoms with E-state index in [2.05, 4.69) is 0 Å². The number of amides is 1. The lowest BCUT2D eigenvalue weighted by Gasteiger charge is -1.88. The highest BCUT2D eigenvalue weighted by molar-refractivity contribution is 14.1. The van der Waals surface area contributed by atoms with Gasteiger partial charge in [0.15, 0.2) is 0 Å². The van der Waals surface area contributed by atoms with Crippen molar-refractivity contribution in [1.82, 2.24) is 0 Å². The summed E-state index contributed by atoms with van der Waals surface area (Å²) in [5.41, 5.74) is 4.79. The number of hydrogen-bond acceptors (Lipinski definition) is 1. The summed E-state index contributed by atoms with van der Waals surface area (Å²) in [6.45, 7) is 1.75. The maximum atomic E-state index is 9.91. The van der Waals surface area contributed by atoms with Gasteiger partial charge in [0.1, 0.15) is 0 Å². The molecule has 0 aromatic rings. The number of halogens is 1. The highest BCUT2D eigenvalue weighted by atomic mass is 127. The van der Waals surface area contributed by atoms with Gasteiger partial charge in [-0.25, -0.2) is 0 Å². The van der Waals surface area contributed by atoms with Crippen LogP contribution in [0.2, 0.25) is 0 Å². The normalized spacial score (nSPS) is 13.7. The second kappa shape index (κ2) is 2.39. The monoisotopic (exact) mass is 199 g/mol. The van der Waals surface area contributed by atoms with Gasteiger partial charge in [-0.1, -0.05) is 22.6 Å². The third kappa shape index (κ3) is 2.44. The predicted molar refractivity (Wildman–Crippen MR) is 32.7 cm³/mol. The van der Waals surface area contributed by atoms with Gasteiger partial charge >= 0.3 is 0 Å². The Morgan fingerprint density at radius 2 is 2.17 bits per heavy atom. The van der Waals surface area contributed by atoms with Gasteiger partial charge in [0.2, 0.25) is 5.91 Å². The summed E-state index contributed by atoms with van der Waals surface area (Å²) in [4.78, 5) is 9.91. The first-order chi connectivity index (χ1) is 2.64. The highest BCUT2D eigenvalue weighted by Crippen LogP contribution is 1.93. The molecule has 0 radical (unpaired) electrons. The van der Waals surface area contributed by atoms with Crippen LogP contribution in [0.3, 0.4) is 0 Å². The topological polar surface area (TPSA) is 43.1 Å². The molecule has 0 saturated carbocycles. The smallest absolute Gasteiger partial charge is 0.230 e. The van der Waals surface area contributed by atoms with Gasteiger partial charge in [0, 0.05) is 0 Å². The zero-order chi connectivity index (χ0) is 5.15. The highest BCUT2D eigenvalue weighted by Gasteiger charge is 1.98. The van der Waals surface area contributed by atoms with Gasteiger partial charge in [0.25, 0.3) is 0 Å². The lowest BCUT2D eigenvalue weighted by molar-refractivity contribution is -0.116. The van der Waals surface area contributed by atoms with E-state index >= 15 is 0 Å². The van der Waals surface area contributed by atoms with Crippen LogP contribution in [-0.4, -0.2) is 9.83 Å². The number of carbonyl (C=O) groups is 1.